The molecule has 19 heavy (non-hydrogen) atoms. The first-order valence-corrected chi connectivity index (χ1v) is 5.95. The van der Waals surface area contributed by atoms with Crippen LogP contribution in [-0.4, -0.2) is 24.0 Å². The van der Waals surface area contributed by atoms with Crippen LogP contribution in [0.1, 0.15) is 31.0 Å². The molecule has 1 aromatic carbocycles. The van der Waals surface area contributed by atoms with Gasteiger partial charge in [0.25, 0.3) is 5.69 Å². The van der Waals surface area contributed by atoms with E-state index >= 15 is 0 Å². The topological polar surface area (TPSA) is 81.5 Å². The molecule has 0 bridgehead atoms. The molecule has 0 spiro atoms. The predicted molar refractivity (Wildman–Crippen MR) is 70.9 cm³/mol. The fraction of sp³-hybridized carbons (Fsp3) is 0.462. The van der Waals surface area contributed by atoms with Crippen LogP contribution in [0.25, 0.3) is 0 Å². The number of methoxy groups -OCH3 is 1. The van der Waals surface area contributed by atoms with E-state index in [4.69, 9.17) is 0 Å². The fourth-order valence-corrected chi connectivity index (χ4v) is 1.81. The van der Waals surface area contributed by atoms with Crippen molar-refractivity contribution in [1.29, 1.82) is 0 Å². The summed E-state index contributed by atoms with van der Waals surface area (Å²) in [5.74, 6) is -0.367. The molecule has 1 aromatic rings. The van der Waals surface area contributed by atoms with Gasteiger partial charge in [-0.15, -0.1) is 0 Å². The summed E-state index contributed by atoms with van der Waals surface area (Å²) >= 11 is 0. The quantitative estimate of drug-likeness (QED) is 0.501. The van der Waals surface area contributed by atoms with Gasteiger partial charge in [-0.2, -0.15) is 0 Å². The molecule has 0 saturated carbocycles. The van der Waals surface area contributed by atoms with E-state index in [0.717, 1.165) is 5.56 Å². The highest BCUT2D eigenvalue weighted by Gasteiger charge is 2.19. The van der Waals surface area contributed by atoms with E-state index in [1.165, 1.54) is 13.2 Å². The smallest absolute Gasteiger partial charge is 0.322 e. The maximum Gasteiger partial charge on any atom is 0.322 e. The average molecular weight is 266 g/mol. The monoisotopic (exact) mass is 266 g/mol. The first-order chi connectivity index (χ1) is 8.86. The maximum atomic E-state index is 11.3. The van der Waals surface area contributed by atoms with Crippen LogP contribution < -0.4 is 5.32 Å². The molecule has 0 unspecified atom stereocenters. The van der Waals surface area contributed by atoms with Gasteiger partial charge in [0.1, 0.15) is 6.04 Å². The minimum atomic E-state index is -0.472. The zero-order valence-electron chi connectivity index (χ0n) is 11.5. The van der Waals surface area contributed by atoms with Gasteiger partial charge >= 0.3 is 5.97 Å². The van der Waals surface area contributed by atoms with Crippen LogP contribution in [0.2, 0.25) is 0 Å². The van der Waals surface area contributed by atoms with Crippen molar-refractivity contribution in [1.82, 2.24) is 5.32 Å². The summed E-state index contributed by atoms with van der Waals surface area (Å²) in [6.07, 6.45) is 0. The van der Waals surface area contributed by atoms with Gasteiger partial charge in [-0.3, -0.25) is 20.2 Å². The SMILES string of the molecule is COC(=O)[C@H](C)N[C@H](C)c1ccc(C)c([N+](=O)[O-])c1. The van der Waals surface area contributed by atoms with E-state index in [9.17, 15) is 14.9 Å². The fourth-order valence-electron chi connectivity index (χ4n) is 1.81. The number of esters is 1. The number of nitrogens with zero attached hydrogens (tertiary/aromatic N) is 1. The Kier molecular flexibility index (Phi) is 5.00. The molecule has 0 radical (unpaired) electrons. The normalized spacial score (nSPS) is 13.7. The first kappa shape index (κ1) is 15.1. The van der Waals surface area contributed by atoms with Crippen molar-refractivity contribution < 1.29 is 14.5 Å². The number of hydrogen-bond donors (Lipinski definition) is 1. The lowest BCUT2D eigenvalue weighted by atomic mass is 10.0. The van der Waals surface area contributed by atoms with Gasteiger partial charge in [0.2, 0.25) is 0 Å². The number of ether oxygens (including phenoxy) is 1. The Morgan fingerprint density at radius 3 is 2.58 bits per heavy atom. The minimum absolute atomic E-state index is 0.0804. The maximum absolute atomic E-state index is 11.3. The second-order valence-corrected chi connectivity index (χ2v) is 4.44. The van der Waals surface area contributed by atoms with Crippen LogP contribution in [-0.2, 0) is 9.53 Å². The molecule has 6 nitrogen and oxygen atoms in total. The van der Waals surface area contributed by atoms with Crippen molar-refractivity contribution in [3.05, 3.63) is 39.4 Å². The molecule has 1 N–H and O–H groups in total. The largest absolute Gasteiger partial charge is 0.468 e. The lowest BCUT2D eigenvalue weighted by Gasteiger charge is -2.18. The summed E-state index contributed by atoms with van der Waals surface area (Å²) < 4.78 is 4.62. The highest BCUT2D eigenvalue weighted by molar-refractivity contribution is 5.75. The molecule has 104 valence electrons. The number of aryl methyl sites for hydroxylation is 1. The zero-order valence-corrected chi connectivity index (χ0v) is 11.5. The molecule has 1 rings (SSSR count). The second-order valence-electron chi connectivity index (χ2n) is 4.44. The molecule has 0 aliphatic heterocycles. The zero-order chi connectivity index (χ0) is 14.6. The van der Waals surface area contributed by atoms with Crippen molar-refractivity contribution in [2.75, 3.05) is 7.11 Å². The van der Waals surface area contributed by atoms with Crippen LogP contribution in [0.15, 0.2) is 18.2 Å². The van der Waals surface area contributed by atoms with Gasteiger partial charge in [0, 0.05) is 17.7 Å². The van der Waals surface area contributed by atoms with E-state index in [1.54, 1.807) is 19.9 Å². The molecular weight excluding hydrogens is 248 g/mol. The van der Waals surface area contributed by atoms with Crippen molar-refractivity contribution in [2.45, 2.75) is 32.9 Å². The number of nitro benzene ring substituents is 1. The lowest BCUT2D eigenvalue weighted by molar-refractivity contribution is -0.385. The summed E-state index contributed by atoms with van der Waals surface area (Å²) in [5, 5.41) is 13.9. The summed E-state index contributed by atoms with van der Waals surface area (Å²) in [6.45, 7) is 5.22. The van der Waals surface area contributed by atoms with Gasteiger partial charge in [-0.05, 0) is 26.3 Å². The third kappa shape index (κ3) is 3.75. The van der Waals surface area contributed by atoms with Crippen molar-refractivity contribution in [3.63, 3.8) is 0 Å². The molecule has 0 fully saturated rings. The van der Waals surface area contributed by atoms with Crippen molar-refractivity contribution in [2.24, 2.45) is 0 Å². The average Bonchev–Trinajstić information content (AvgIpc) is 2.37. The summed E-state index contributed by atoms with van der Waals surface area (Å²) in [6, 6.07) is 4.38. The van der Waals surface area contributed by atoms with Crippen LogP contribution in [0.5, 0.6) is 0 Å². The highest BCUT2D eigenvalue weighted by Crippen LogP contribution is 2.23. The predicted octanol–water partition coefficient (Wildman–Crippen LogP) is 2.12. The number of nitro groups is 1. The van der Waals surface area contributed by atoms with Crippen molar-refractivity contribution >= 4 is 11.7 Å². The van der Waals surface area contributed by atoms with E-state index in [1.807, 2.05) is 13.0 Å². The van der Waals surface area contributed by atoms with Crippen LogP contribution in [0.4, 0.5) is 5.69 Å². The molecule has 2 atom stereocenters. The van der Waals surface area contributed by atoms with Crippen LogP contribution in [0.3, 0.4) is 0 Å². The number of nitrogens with one attached hydrogen (secondary N) is 1. The number of carbonyl (C=O) groups is 1. The molecule has 0 aliphatic rings. The Balaban J connectivity index is 2.88. The first-order valence-electron chi connectivity index (χ1n) is 5.95. The van der Waals surface area contributed by atoms with Crippen molar-refractivity contribution in [3.8, 4) is 0 Å². The summed E-state index contributed by atoms with van der Waals surface area (Å²) in [5.41, 5.74) is 1.45. The second kappa shape index (κ2) is 6.29. The molecule has 0 aliphatic carbocycles. The highest BCUT2D eigenvalue weighted by atomic mass is 16.6. The van der Waals surface area contributed by atoms with E-state index in [-0.39, 0.29) is 17.7 Å². The standard InChI is InChI=1S/C13H18N2O4/c1-8-5-6-11(7-12(8)15(17)18)9(2)14-10(3)13(16)19-4/h5-7,9-10,14H,1-4H3/t9-,10+/m1/s1. The summed E-state index contributed by atoms with van der Waals surface area (Å²) in [4.78, 5) is 21.8. The molecule has 0 heterocycles. The Hall–Kier alpha value is -1.95. The number of carbonyl (C=O) groups excluding carboxylic acids is 1. The molecule has 0 saturated heterocycles. The number of hydrogen-bond acceptors (Lipinski definition) is 5. The molecule has 0 aromatic heterocycles. The Morgan fingerprint density at radius 2 is 2.05 bits per heavy atom. The Morgan fingerprint density at radius 1 is 1.42 bits per heavy atom. The van der Waals surface area contributed by atoms with E-state index < -0.39 is 11.0 Å². The van der Waals surface area contributed by atoms with E-state index in [2.05, 4.69) is 10.1 Å². The minimum Gasteiger partial charge on any atom is -0.468 e. The molecular formula is C13H18N2O4. The van der Waals surface area contributed by atoms with Crippen LogP contribution in [0, 0.1) is 17.0 Å². The van der Waals surface area contributed by atoms with Gasteiger partial charge in [0.15, 0.2) is 0 Å². The van der Waals surface area contributed by atoms with Crippen LogP contribution >= 0.6 is 0 Å². The van der Waals surface area contributed by atoms with Gasteiger partial charge in [0.05, 0.1) is 12.0 Å². The third-order valence-corrected chi connectivity index (χ3v) is 2.98. The summed E-state index contributed by atoms with van der Waals surface area (Å²) in [7, 11) is 1.32. The molecule has 6 heteroatoms. The Bertz CT molecular complexity index is 488. The Labute approximate surface area is 111 Å². The van der Waals surface area contributed by atoms with Gasteiger partial charge < -0.3 is 4.74 Å². The molecule has 0 amide bonds. The third-order valence-electron chi connectivity index (χ3n) is 2.98. The number of benzene rings is 1. The van der Waals surface area contributed by atoms with Gasteiger partial charge in [-0.1, -0.05) is 12.1 Å². The van der Waals surface area contributed by atoms with Gasteiger partial charge in [-0.25, -0.2) is 0 Å². The lowest BCUT2D eigenvalue weighted by Crippen LogP contribution is -2.36. The van der Waals surface area contributed by atoms with E-state index in [0.29, 0.717) is 5.56 Å². The number of rotatable bonds is 5.